The van der Waals surface area contributed by atoms with E-state index in [1.165, 1.54) is 12.1 Å². The minimum Gasteiger partial charge on any atom is -0.484 e. The molecule has 2 aromatic carbocycles. The molecule has 0 saturated carbocycles. The maximum absolute atomic E-state index is 11.8. The fourth-order valence-electron chi connectivity index (χ4n) is 2.36. The third kappa shape index (κ3) is 4.64. The van der Waals surface area contributed by atoms with Crippen LogP contribution in [0.3, 0.4) is 0 Å². The largest absolute Gasteiger partial charge is 0.484 e. The fourth-order valence-corrected chi connectivity index (χ4v) is 2.87. The summed E-state index contributed by atoms with van der Waals surface area (Å²) in [7, 11) is -3.69. The molecule has 0 radical (unpaired) electrons. The molecule has 2 aromatic rings. The highest BCUT2D eigenvalue weighted by Crippen LogP contribution is 2.34. The van der Waals surface area contributed by atoms with Crippen LogP contribution in [0, 0.1) is 0 Å². The van der Waals surface area contributed by atoms with Gasteiger partial charge in [0.25, 0.3) is 5.91 Å². The van der Waals surface area contributed by atoms with Gasteiger partial charge in [-0.15, -0.1) is 0 Å². The molecule has 9 heteroatoms. The second kappa shape index (κ2) is 7.63. The number of carbonyl (C=O) groups is 1. The van der Waals surface area contributed by atoms with Crippen LogP contribution in [-0.2, 0) is 21.2 Å². The molecule has 0 bridgehead atoms. The van der Waals surface area contributed by atoms with Crippen LogP contribution in [0.25, 0.3) is 0 Å². The third-order valence-corrected chi connectivity index (χ3v) is 4.63. The topological polar surface area (TPSA) is 117 Å². The number of rotatable bonds is 7. The second-order valence-corrected chi connectivity index (χ2v) is 7.15. The van der Waals surface area contributed by atoms with Gasteiger partial charge in [0.1, 0.15) is 5.75 Å². The molecule has 138 valence electrons. The summed E-state index contributed by atoms with van der Waals surface area (Å²) < 4.78 is 38.2. The van der Waals surface area contributed by atoms with Gasteiger partial charge in [-0.2, -0.15) is 0 Å². The Labute approximate surface area is 150 Å². The molecule has 0 unspecified atom stereocenters. The number of hydrogen-bond acceptors (Lipinski definition) is 6. The summed E-state index contributed by atoms with van der Waals surface area (Å²) in [6.07, 6.45) is 0.556. The number of nitrogens with one attached hydrogen (secondary N) is 1. The Morgan fingerprint density at radius 1 is 1.12 bits per heavy atom. The van der Waals surface area contributed by atoms with Gasteiger partial charge >= 0.3 is 0 Å². The standard InChI is InChI=1S/C17H18N2O6S/c18-26(21,22)14-4-1-12(2-5-14)7-8-19-17(20)10-23-13-3-6-15-16(9-13)25-11-24-15/h1-6,9H,7-8,10-11H2,(H,19,20)(H2,18,21,22). The van der Waals surface area contributed by atoms with Crippen LogP contribution in [0.4, 0.5) is 0 Å². The highest BCUT2D eigenvalue weighted by molar-refractivity contribution is 7.89. The zero-order valence-corrected chi connectivity index (χ0v) is 14.6. The number of ether oxygens (including phenoxy) is 3. The Morgan fingerprint density at radius 2 is 1.85 bits per heavy atom. The summed E-state index contributed by atoms with van der Waals surface area (Å²) >= 11 is 0. The minimum absolute atomic E-state index is 0.0578. The predicted octanol–water partition coefficient (Wildman–Crippen LogP) is 0.800. The van der Waals surface area contributed by atoms with Crippen LogP contribution < -0.4 is 24.7 Å². The fraction of sp³-hybridized carbons (Fsp3) is 0.235. The Bertz CT molecular complexity index is 896. The molecule has 1 heterocycles. The highest BCUT2D eigenvalue weighted by atomic mass is 32.2. The van der Waals surface area contributed by atoms with E-state index in [0.717, 1.165) is 5.56 Å². The molecule has 3 N–H and O–H groups in total. The van der Waals surface area contributed by atoms with Crippen LogP contribution in [0.5, 0.6) is 17.2 Å². The lowest BCUT2D eigenvalue weighted by Crippen LogP contribution is -2.30. The summed E-state index contributed by atoms with van der Waals surface area (Å²) in [5.41, 5.74) is 0.884. The molecular weight excluding hydrogens is 360 g/mol. The monoisotopic (exact) mass is 378 g/mol. The average molecular weight is 378 g/mol. The number of hydrogen-bond donors (Lipinski definition) is 2. The van der Waals surface area contributed by atoms with Gasteiger partial charge in [0.15, 0.2) is 18.1 Å². The lowest BCUT2D eigenvalue weighted by molar-refractivity contribution is -0.123. The first-order valence-electron chi connectivity index (χ1n) is 7.83. The van der Waals surface area contributed by atoms with Gasteiger partial charge in [0, 0.05) is 12.6 Å². The molecule has 26 heavy (non-hydrogen) atoms. The number of amides is 1. The van der Waals surface area contributed by atoms with E-state index >= 15 is 0 Å². The molecular formula is C17H18N2O6S. The van der Waals surface area contributed by atoms with Crippen molar-refractivity contribution in [1.82, 2.24) is 5.32 Å². The van der Waals surface area contributed by atoms with Crippen LogP contribution >= 0.6 is 0 Å². The van der Waals surface area contributed by atoms with E-state index in [2.05, 4.69) is 5.32 Å². The van der Waals surface area contributed by atoms with Gasteiger partial charge in [0.2, 0.25) is 16.8 Å². The van der Waals surface area contributed by atoms with Crippen LogP contribution in [0.2, 0.25) is 0 Å². The second-order valence-electron chi connectivity index (χ2n) is 5.59. The molecule has 0 aromatic heterocycles. The van der Waals surface area contributed by atoms with Crippen LogP contribution in [0.15, 0.2) is 47.4 Å². The summed E-state index contributed by atoms with van der Waals surface area (Å²) in [6.45, 7) is 0.458. The summed E-state index contributed by atoms with van der Waals surface area (Å²) in [5.74, 6) is 1.49. The van der Waals surface area contributed by atoms with E-state index in [1.54, 1.807) is 30.3 Å². The molecule has 1 aliphatic heterocycles. The molecule has 8 nitrogen and oxygen atoms in total. The van der Waals surface area contributed by atoms with E-state index in [9.17, 15) is 13.2 Å². The number of sulfonamides is 1. The number of fused-ring (bicyclic) bond motifs is 1. The quantitative estimate of drug-likeness (QED) is 0.736. The van der Waals surface area contributed by atoms with Crippen molar-refractivity contribution in [3.8, 4) is 17.2 Å². The first-order valence-corrected chi connectivity index (χ1v) is 9.37. The smallest absolute Gasteiger partial charge is 0.257 e. The van der Waals surface area contributed by atoms with E-state index < -0.39 is 10.0 Å². The van der Waals surface area contributed by atoms with Crippen molar-refractivity contribution in [1.29, 1.82) is 0 Å². The average Bonchev–Trinajstić information content (AvgIpc) is 3.07. The maximum atomic E-state index is 11.8. The molecule has 0 saturated heterocycles. The molecule has 0 fully saturated rings. The number of nitrogens with two attached hydrogens (primary N) is 1. The number of primary sulfonamides is 1. The number of benzene rings is 2. The SMILES string of the molecule is NS(=O)(=O)c1ccc(CCNC(=O)COc2ccc3c(c2)OCO3)cc1. The van der Waals surface area contributed by atoms with E-state index in [-0.39, 0.29) is 24.2 Å². The van der Waals surface area contributed by atoms with E-state index in [4.69, 9.17) is 19.3 Å². The van der Waals surface area contributed by atoms with Crippen molar-refractivity contribution in [2.75, 3.05) is 19.9 Å². The zero-order chi connectivity index (χ0) is 18.6. The van der Waals surface area contributed by atoms with Gasteiger partial charge in [-0.1, -0.05) is 12.1 Å². The summed E-state index contributed by atoms with van der Waals surface area (Å²) in [4.78, 5) is 11.9. The van der Waals surface area contributed by atoms with Crippen molar-refractivity contribution >= 4 is 15.9 Å². The molecule has 0 spiro atoms. The molecule has 0 atom stereocenters. The Morgan fingerprint density at radius 3 is 2.58 bits per heavy atom. The van der Waals surface area contributed by atoms with Crippen molar-refractivity contribution in [3.63, 3.8) is 0 Å². The zero-order valence-electron chi connectivity index (χ0n) is 13.8. The summed E-state index contributed by atoms with van der Waals surface area (Å²) in [5, 5.41) is 7.78. The van der Waals surface area contributed by atoms with Gasteiger partial charge in [-0.3, -0.25) is 4.79 Å². The maximum Gasteiger partial charge on any atom is 0.257 e. The predicted molar refractivity (Wildman–Crippen MR) is 92.6 cm³/mol. The first kappa shape index (κ1) is 18.0. The van der Waals surface area contributed by atoms with Crippen molar-refractivity contribution < 1.29 is 27.4 Å². The van der Waals surface area contributed by atoms with Gasteiger partial charge < -0.3 is 19.5 Å². The Balaban J connectivity index is 1.41. The number of carbonyl (C=O) groups excluding carboxylic acids is 1. The molecule has 0 aliphatic carbocycles. The molecule has 3 rings (SSSR count). The van der Waals surface area contributed by atoms with Crippen molar-refractivity contribution in [2.24, 2.45) is 5.14 Å². The van der Waals surface area contributed by atoms with Crippen LogP contribution in [-0.4, -0.2) is 34.3 Å². The Kier molecular flexibility index (Phi) is 5.29. The lowest BCUT2D eigenvalue weighted by atomic mass is 10.1. The third-order valence-electron chi connectivity index (χ3n) is 3.70. The Hall–Kier alpha value is -2.78. The van der Waals surface area contributed by atoms with E-state index in [1.807, 2.05) is 0 Å². The molecule has 1 aliphatic rings. The van der Waals surface area contributed by atoms with Crippen molar-refractivity contribution in [2.45, 2.75) is 11.3 Å². The van der Waals surface area contributed by atoms with Gasteiger partial charge in [0.05, 0.1) is 4.90 Å². The molecule has 1 amide bonds. The lowest BCUT2D eigenvalue weighted by Gasteiger charge is -2.08. The van der Waals surface area contributed by atoms with Crippen molar-refractivity contribution in [3.05, 3.63) is 48.0 Å². The van der Waals surface area contributed by atoms with Gasteiger partial charge in [-0.05, 0) is 36.2 Å². The minimum atomic E-state index is -3.69. The van der Waals surface area contributed by atoms with Crippen LogP contribution in [0.1, 0.15) is 5.56 Å². The van der Waals surface area contributed by atoms with E-state index in [0.29, 0.717) is 30.2 Å². The van der Waals surface area contributed by atoms with Gasteiger partial charge in [-0.25, -0.2) is 13.6 Å². The normalized spacial score (nSPS) is 12.7. The first-order chi connectivity index (χ1) is 12.4. The highest BCUT2D eigenvalue weighted by Gasteiger charge is 2.14. The summed E-state index contributed by atoms with van der Waals surface area (Å²) in [6, 6.07) is 11.3.